The lowest BCUT2D eigenvalue weighted by Gasteiger charge is -2.27. The number of carbonyl (C=O) groups excluding carboxylic acids is 2. The topological polar surface area (TPSA) is 95.5 Å². The molecular weight excluding hydrogens is 388 g/mol. The molecule has 154 valence electrons. The molecule has 1 aromatic heterocycles. The SMILES string of the molecule is CC(C)c1cc(C(=O)Nc2ccccc2)c(NC(=O)C2CCCCC2C(=O)O)s1. The van der Waals surface area contributed by atoms with E-state index in [0.717, 1.165) is 17.7 Å². The first-order valence-corrected chi connectivity index (χ1v) is 10.7. The van der Waals surface area contributed by atoms with Crippen molar-refractivity contribution in [2.24, 2.45) is 11.8 Å². The molecule has 3 N–H and O–H groups in total. The van der Waals surface area contributed by atoms with Crippen LogP contribution in [0.4, 0.5) is 10.7 Å². The fourth-order valence-electron chi connectivity index (χ4n) is 3.62. The van der Waals surface area contributed by atoms with E-state index in [9.17, 15) is 19.5 Å². The second kappa shape index (κ2) is 9.22. The summed E-state index contributed by atoms with van der Waals surface area (Å²) in [6.07, 6.45) is 2.72. The molecule has 6 nitrogen and oxygen atoms in total. The summed E-state index contributed by atoms with van der Waals surface area (Å²) in [6, 6.07) is 10.9. The van der Waals surface area contributed by atoms with Gasteiger partial charge in [-0.15, -0.1) is 11.3 Å². The number of carboxylic acid groups (broad SMARTS) is 1. The average Bonchev–Trinajstić information content (AvgIpc) is 3.13. The number of hydrogen-bond donors (Lipinski definition) is 3. The largest absolute Gasteiger partial charge is 0.481 e. The summed E-state index contributed by atoms with van der Waals surface area (Å²) in [5, 5.41) is 15.7. The number of carboxylic acids is 1. The van der Waals surface area contributed by atoms with Crippen molar-refractivity contribution in [2.45, 2.75) is 45.4 Å². The number of benzene rings is 1. The normalized spacial score (nSPS) is 19.0. The molecule has 2 amide bonds. The van der Waals surface area contributed by atoms with Crippen LogP contribution in [0.5, 0.6) is 0 Å². The molecule has 1 saturated carbocycles. The first-order valence-electron chi connectivity index (χ1n) is 9.90. The lowest BCUT2D eigenvalue weighted by molar-refractivity contribution is -0.147. The van der Waals surface area contributed by atoms with Crippen molar-refractivity contribution < 1.29 is 19.5 Å². The van der Waals surface area contributed by atoms with Gasteiger partial charge in [-0.3, -0.25) is 14.4 Å². The van der Waals surface area contributed by atoms with Crippen LogP contribution < -0.4 is 10.6 Å². The van der Waals surface area contributed by atoms with Crippen molar-refractivity contribution in [3.63, 3.8) is 0 Å². The first-order chi connectivity index (χ1) is 13.9. The number of rotatable bonds is 6. The Morgan fingerprint density at radius 1 is 1.03 bits per heavy atom. The zero-order valence-corrected chi connectivity index (χ0v) is 17.4. The van der Waals surface area contributed by atoms with Crippen LogP contribution in [-0.2, 0) is 9.59 Å². The number of carbonyl (C=O) groups is 3. The van der Waals surface area contributed by atoms with Gasteiger partial charge in [0.2, 0.25) is 5.91 Å². The molecule has 0 aliphatic heterocycles. The summed E-state index contributed by atoms with van der Waals surface area (Å²) in [4.78, 5) is 38.3. The Labute approximate surface area is 174 Å². The van der Waals surface area contributed by atoms with Gasteiger partial charge in [-0.1, -0.05) is 44.9 Å². The van der Waals surface area contributed by atoms with Crippen LogP contribution in [0.15, 0.2) is 36.4 Å². The maximum Gasteiger partial charge on any atom is 0.307 e. The molecule has 0 spiro atoms. The molecular formula is C22H26N2O4S. The highest BCUT2D eigenvalue weighted by Gasteiger charge is 2.36. The number of anilines is 2. The van der Waals surface area contributed by atoms with Gasteiger partial charge in [-0.2, -0.15) is 0 Å². The first kappa shape index (κ1) is 21.0. The van der Waals surface area contributed by atoms with Crippen molar-refractivity contribution in [1.82, 2.24) is 0 Å². The monoisotopic (exact) mass is 414 g/mol. The van der Waals surface area contributed by atoms with Crippen LogP contribution in [0.25, 0.3) is 0 Å². The Kier molecular flexibility index (Phi) is 6.69. The minimum absolute atomic E-state index is 0.204. The standard InChI is InChI=1S/C22H26N2O4S/c1-13(2)18-12-17(20(26)23-14-8-4-3-5-9-14)21(29-18)24-19(25)15-10-6-7-11-16(15)22(27)28/h3-5,8-9,12-13,15-16H,6-7,10-11H2,1-2H3,(H,23,26)(H,24,25)(H,27,28). The van der Waals surface area contributed by atoms with Gasteiger partial charge < -0.3 is 15.7 Å². The van der Waals surface area contributed by atoms with Crippen molar-refractivity contribution in [3.05, 3.63) is 46.8 Å². The van der Waals surface area contributed by atoms with E-state index < -0.39 is 17.8 Å². The van der Waals surface area contributed by atoms with Gasteiger partial charge in [0, 0.05) is 10.6 Å². The maximum atomic E-state index is 12.9. The summed E-state index contributed by atoms with van der Waals surface area (Å²) in [6.45, 7) is 4.05. The molecule has 1 aliphatic rings. The zero-order valence-electron chi connectivity index (χ0n) is 16.6. The molecule has 1 heterocycles. The van der Waals surface area contributed by atoms with E-state index in [1.807, 2.05) is 32.0 Å². The minimum Gasteiger partial charge on any atom is -0.481 e. The van der Waals surface area contributed by atoms with Gasteiger partial charge >= 0.3 is 5.97 Å². The average molecular weight is 415 g/mol. The van der Waals surface area contributed by atoms with Crippen LogP contribution in [0.1, 0.15) is 60.7 Å². The predicted molar refractivity (Wildman–Crippen MR) is 115 cm³/mol. The fourth-order valence-corrected chi connectivity index (χ4v) is 4.68. The van der Waals surface area contributed by atoms with Crippen molar-refractivity contribution in [1.29, 1.82) is 0 Å². The molecule has 29 heavy (non-hydrogen) atoms. The smallest absolute Gasteiger partial charge is 0.307 e. The molecule has 2 aromatic rings. The van der Waals surface area contributed by atoms with Crippen molar-refractivity contribution in [2.75, 3.05) is 10.6 Å². The minimum atomic E-state index is -0.930. The number of hydrogen-bond acceptors (Lipinski definition) is 4. The number of amides is 2. The van der Waals surface area contributed by atoms with Gasteiger partial charge in [0.1, 0.15) is 5.00 Å². The van der Waals surface area contributed by atoms with Gasteiger partial charge in [-0.05, 0) is 37.0 Å². The number of para-hydroxylation sites is 1. The van der Waals surface area contributed by atoms with E-state index in [1.54, 1.807) is 18.2 Å². The van der Waals surface area contributed by atoms with Gasteiger partial charge in [0.25, 0.3) is 5.91 Å². The number of nitrogens with one attached hydrogen (secondary N) is 2. The molecule has 0 radical (unpaired) electrons. The molecule has 0 saturated heterocycles. The molecule has 2 unspecified atom stereocenters. The molecule has 1 aromatic carbocycles. The van der Waals surface area contributed by atoms with E-state index in [4.69, 9.17) is 0 Å². The Hall–Kier alpha value is -2.67. The van der Waals surface area contributed by atoms with E-state index in [1.165, 1.54) is 11.3 Å². The Morgan fingerprint density at radius 3 is 2.31 bits per heavy atom. The van der Waals surface area contributed by atoms with Crippen LogP contribution in [-0.4, -0.2) is 22.9 Å². The second-order valence-corrected chi connectivity index (χ2v) is 8.78. The van der Waals surface area contributed by atoms with Gasteiger partial charge in [0.05, 0.1) is 17.4 Å². The van der Waals surface area contributed by atoms with Crippen LogP contribution >= 0.6 is 11.3 Å². The fraction of sp³-hybridized carbons (Fsp3) is 0.409. The second-order valence-electron chi connectivity index (χ2n) is 7.69. The molecule has 2 atom stereocenters. The van der Waals surface area contributed by atoms with Crippen LogP contribution in [0.2, 0.25) is 0 Å². The predicted octanol–water partition coefficient (Wildman–Crippen LogP) is 4.95. The highest BCUT2D eigenvalue weighted by atomic mass is 32.1. The van der Waals surface area contributed by atoms with Gasteiger partial charge in [0.15, 0.2) is 0 Å². The molecule has 7 heteroatoms. The summed E-state index contributed by atoms with van der Waals surface area (Å²) in [5.74, 6) is -2.59. The van der Waals surface area contributed by atoms with E-state index in [2.05, 4.69) is 10.6 Å². The van der Waals surface area contributed by atoms with Crippen LogP contribution in [0, 0.1) is 11.8 Å². The van der Waals surface area contributed by atoms with Crippen molar-refractivity contribution in [3.8, 4) is 0 Å². The highest BCUT2D eigenvalue weighted by Crippen LogP contribution is 2.36. The lowest BCUT2D eigenvalue weighted by atomic mass is 9.79. The maximum absolute atomic E-state index is 12.9. The molecule has 3 rings (SSSR count). The van der Waals surface area contributed by atoms with E-state index >= 15 is 0 Å². The third kappa shape index (κ3) is 5.03. The Balaban J connectivity index is 1.83. The van der Waals surface area contributed by atoms with Crippen LogP contribution in [0.3, 0.4) is 0 Å². The highest BCUT2D eigenvalue weighted by molar-refractivity contribution is 7.16. The zero-order chi connectivity index (χ0) is 21.0. The summed E-state index contributed by atoms with van der Waals surface area (Å²) in [5.41, 5.74) is 1.07. The number of thiophene rings is 1. The van der Waals surface area contributed by atoms with E-state index in [0.29, 0.717) is 29.1 Å². The number of aliphatic carboxylic acids is 1. The molecule has 1 fully saturated rings. The third-order valence-corrected chi connectivity index (χ3v) is 6.60. The molecule has 0 bridgehead atoms. The lowest BCUT2D eigenvalue weighted by Crippen LogP contribution is -2.36. The molecule has 1 aliphatic carbocycles. The Bertz CT molecular complexity index is 891. The van der Waals surface area contributed by atoms with Crippen molar-refractivity contribution >= 4 is 39.8 Å². The Morgan fingerprint density at radius 2 is 1.69 bits per heavy atom. The van der Waals surface area contributed by atoms with E-state index in [-0.39, 0.29) is 17.7 Å². The third-order valence-electron chi connectivity index (χ3n) is 5.25. The quantitative estimate of drug-likeness (QED) is 0.623. The summed E-state index contributed by atoms with van der Waals surface area (Å²) >= 11 is 1.37. The van der Waals surface area contributed by atoms with Gasteiger partial charge in [-0.25, -0.2) is 0 Å². The summed E-state index contributed by atoms with van der Waals surface area (Å²) in [7, 11) is 0. The summed E-state index contributed by atoms with van der Waals surface area (Å²) < 4.78 is 0.